The van der Waals surface area contributed by atoms with Gasteiger partial charge in [-0.1, -0.05) is 18.2 Å². The number of esters is 1. The van der Waals surface area contributed by atoms with Crippen molar-refractivity contribution >= 4 is 35.1 Å². The maximum atomic E-state index is 13.1. The zero-order valence-corrected chi connectivity index (χ0v) is 18.5. The summed E-state index contributed by atoms with van der Waals surface area (Å²) in [6.45, 7) is 3.15. The molecule has 172 valence electrons. The molecule has 1 N–H and O–H groups in total. The number of hydrogen-bond acceptors (Lipinski definition) is 6. The van der Waals surface area contributed by atoms with Crippen molar-refractivity contribution in [3.63, 3.8) is 0 Å². The van der Waals surface area contributed by atoms with E-state index >= 15 is 0 Å². The molecule has 0 spiro atoms. The van der Waals surface area contributed by atoms with E-state index in [1.54, 1.807) is 31.2 Å². The SMILES string of the molecule is CCOC(=O)c1ccc(N2C(=O)C[C@@H](N3CCC(C(=O)Nc4ccccc4)CC3)C2=O)cc1. The number of para-hydroxylation sites is 1. The van der Waals surface area contributed by atoms with Crippen LogP contribution in [0.3, 0.4) is 0 Å². The predicted molar refractivity (Wildman–Crippen MR) is 123 cm³/mol. The zero-order chi connectivity index (χ0) is 23.4. The Hall–Kier alpha value is -3.52. The second-order valence-electron chi connectivity index (χ2n) is 8.22. The standard InChI is InChI=1S/C25H27N3O5/c1-2-33-25(32)18-8-10-20(11-9-18)28-22(29)16-21(24(28)31)27-14-12-17(13-15-27)23(30)26-19-6-4-3-5-7-19/h3-11,17,21H,2,12-16H2,1H3,(H,26,30)/t21-/m1/s1. The van der Waals surface area contributed by atoms with E-state index in [0.29, 0.717) is 37.2 Å². The average Bonchev–Trinajstić information content (AvgIpc) is 3.13. The van der Waals surface area contributed by atoms with E-state index in [0.717, 1.165) is 5.69 Å². The van der Waals surface area contributed by atoms with Crippen molar-refractivity contribution < 1.29 is 23.9 Å². The molecule has 2 fully saturated rings. The summed E-state index contributed by atoms with van der Waals surface area (Å²) in [5, 5.41) is 2.94. The monoisotopic (exact) mass is 449 g/mol. The van der Waals surface area contributed by atoms with Gasteiger partial charge in [-0.05, 0) is 69.3 Å². The van der Waals surface area contributed by atoms with Gasteiger partial charge in [0, 0.05) is 11.6 Å². The highest BCUT2D eigenvalue weighted by Crippen LogP contribution is 2.29. The normalized spacial score (nSPS) is 19.5. The first-order chi connectivity index (χ1) is 16.0. The molecule has 4 rings (SSSR count). The van der Waals surface area contributed by atoms with Crippen LogP contribution in [0.25, 0.3) is 0 Å². The third kappa shape index (κ3) is 4.96. The molecule has 2 aromatic carbocycles. The summed E-state index contributed by atoms with van der Waals surface area (Å²) in [4.78, 5) is 53.3. The summed E-state index contributed by atoms with van der Waals surface area (Å²) < 4.78 is 4.97. The molecule has 0 aliphatic carbocycles. The van der Waals surface area contributed by atoms with Crippen LogP contribution >= 0.6 is 0 Å². The van der Waals surface area contributed by atoms with Crippen LogP contribution in [-0.2, 0) is 19.1 Å². The molecule has 0 bridgehead atoms. The van der Waals surface area contributed by atoms with Crippen LogP contribution in [0.4, 0.5) is 11.4 Å². The summed E-state index contributed by atoms with van der Waals surface area (Å²) in [6, 6.07) is 15.1. The largest absolute Gasteiger partial charge is 0.462 e. The summed E-state index contributed by atoms with van der Waals surface area (Å²) in [5.41, 5.74) is 1.58. The van der Waals surface area contributed by atoms with Gasteiger partial charge < -0.3 is 10.1 Å². The van der Waals surface area contributed by atoms with Gasteiger partial charge in [0.15, 0.2) is 0 Å². The van der Waals surface area contributed by atoms with E-state index in [9.17, 15) is 19.2 Å². The Morgan fingerprint density at radius 1 is 1.00 bits per heavy atom. The number of likely N-dealkylation sites (tertiary alicyclic amines) is 1. The van der Waals surface area contributed by atoms with E-state index in [-0.39, 0.29) is 36.7 Å². The quantitative estimate of drug-likeness (QED) is 0.538. The lowest BCUT2D eigenvalue weighted by atomic mass is 9.94. The van der Waals surface area contributed by atoms with Gasteiger partial charge in [-0.3, -0.25) is 19.3 Å². The molecule has 2 aliphatic rings. The Morgan fingerprint density at radius 2 is 1.67 bits per heavy atom. The zero-order valence-electron chi connectivity index (χ0n) is 18.5. The lowest BCUT2D eigenvalue weighted by molar-refractivity contribution is -0.123. The lowest BCUT2D eigenvalue weighted by Crippen LogP contribution is -2.47. The molecule has 0 unspecified atom stereocenters. The fourth-order valence-corrected chi connectivity index (χ4v) is 4.37. The maximum Gasteiger partial charge on any atom is 0.338 e. The van der Waals surface area contributed by atoms with Gasteiger partial charge in [0.05, 0.1) is 30.3 Å². The van der Waals surface area contributed by atoms with Crippen molar-refractivity contribution in [2.75, 3.05) is 29.9 Å². The summed E-state index contributed by atoms with van der Waals surface area (Å²) >= 11 is 0. The van der Waals surface area contributed by atoms with Gasteiger partial charge in [-0.25, -0.2) is 9.69 Å². The average molecular weight is 450 g/mol. The van der Waals surface area contributed by atoms with Crippen LogP contribution in [0, 0.1) is 5.92 Å². The van der Waals surface area contributed by atoms with Crippen molar-refractivity contribution in [2.45, 2.75) is 32.2 Å². The minimum absolute atomic E-state index is 0.0157. The van der Waals surface area contributed by atoms with Gasteiger partial charge in [0.2, 0.25) is 11.8 Å². The van der Waals surface area contributed by atoms with Crippen LogP contribution in [-0.4, -0.2) is 54.3 Å². The number of nitrogens with zero attached hydrogens (tertiary/aromatic N) is 2. The summed E-state index contributed by atoms with van der Waals surface area (Å²) in [7, 11) is 0. The van der Waals surface area contributed by atoms with E-state index in [2.05, 4.69) is 5.32 Å². The first kappa shape index (κ1) is 22.7. The second-order valence-corrected chi connectivity index (χ2v) is 8.22. The molecule has 8 nitrogen and oxygen atoms in total. The number of amides is 3. The Balaban J connectivity index is 1.35. The molecule has 2 heterocycles. The molecule has 33 heavy (non-hydrogen) atoms. The molecule has 8 heteroatoms. The number of carbonyl (C=O) groups is 4. The van der Waals surface area contributed by atoms with Crippen LogP contribution in [0.5, 0.6) is 0 Å². The van der Waals surface area contributed by atoms with Gasteiger partial charge in [-0.2, -0.15) is 0 Å². The van der Waals surface area contributed by atoms with E-state index < -0.39 is 12.0 Å². The highest BCUT2D eigenvalue weighted by Gasteiger charge is 2.43. The van der Waals surface area contributed by atoms with E-state index in [1.165, 1.54) is 4.90 Å². The molecular formula is C25H27N3O5. The number of piperidine rings is 1. The van der Waals surface area contributed by atoms with Gasteiger partial charge in [0.1, 0.15) is 0 Å². The third-order valence-electron chi connectivity index (χ3n) is 6.14. The number of imide groups is 1. The number of carbonyl (C=O) groups excluding carboxylic acids is 4. The molecular weight excluding hydrogens is 422 g/mol. The number of rotatable bonds is 6. The van der Waals surface area contributed by atoms with Crippen LogP contribution in [0.2, 0.25) is 0 Å². The fourth-order valence-electron chi connectivity index (χ4n) is 4.37. The molecule has 0 saturated carbocycles. The molecule has 2 aliphatic heterocycles. The first-order valence-electron chi connectivity index (χ1n) is 11.2. The summed E-state index contributed by atoms with van der Waals surface area (Å²) in [6.07, 6.45) is 1.37. The molecule has 2 saturated heterocycles. The topological polar surface area (TPSA) is 96.0 Å². The van der Waals surface area contributed by atoms with Gasteiger partial charge >= 0.3 is 5.97 Å². The Kier molecular flexibility index (Phi) is 6.84. The minimum atomic E-state index is -0.527. The second kappa shape index (κ2) is 9.95. The number of ether oxygens (including phenoxy) is 1. The van der Waals surface area contributed by atoms with Crippen molar-refractivity contribution in [2.24, 2.45) is 5.92 Å². The highest BCUT2D eigenvalue weighted by molar-refractivity contribution is 6.22. The molecule has 0 radical (unpaired) electrons. The van der Waals surface area contributed by atoms with E-state index in [1.807, 2.05) is 35.2 Å². The number of nitrogens with one attached hydrogen (secondary N) is 1. The van der Waals surface area contributed by atoms with Crippen molar-refractivity contribution in [1.82, 2.24) is 4.90 Å². The predicted octanol–water partition coefficient (Wildman–Crippen LogP) is 2.85. The van der Waals surface area contributed by atoms with E-state index in [4.69, 9.17) is 4.74 Å². The summed E-state index contributed by atoms with van der Waals surface area (Å²) in [5.74, 6) is -1.12. The molecule has 0 aromatic heterocycles. The van der Waals surface area contributed by atoms with Crippen molar-refractivity contribution in [3.8, 4) is 0 Å². The maximum absolute atomic E-state index is 13.1. The van der Waals surface area contributed by atoms with Gasteiger partial charge in [-0.15, -0.1) is 0 Å². The molecule has 2 aromatic rings. The molecule has 3 amide bonds. The molecule has 1 atom stereocenters. The Morgan fingerprint density at radius 3 is 2.30 bits per heavy atom. The smallest absolute Gasteiger partial charge is 0.338 e. The minimum Gasteiger partial charge on any atom is -0.462 e. The number of anilines is 2. The Bertz CT molecular complexity index is 1030. The van der Waals surface area contributed by atoms with Gasteiger partial charge in [0.25, 0.3) is 5.91 Å². The fraction of sp³-hybridized carbons (Fsp3) is 0.360. The first-order valence-corrected chi connectivity index (χ1v) is 11.2. The number of hydrogen-bond donors (Lipinski definition) is 1. The van der Waals surface area contributed by atoms with Crippen LogP contribution < -0.4 is 10.2 Å². The van der Waals surface area contributed by atoms with Crippen LogP contribution in [0.15, 0.2) is 54.6 Å². The van der Waals surface area contributed by atoms with Crippen molar-refractivity contribution in [3.05, 3.63) is 60.2 Å². The Labute approximate surface area is 192 Å². The lowest BCUT2D eigenvalue weighted by Gasteiger charge is -2.34. The van der Waals surface area contributed by atoms with Crippen molar-refractivity contribution in [1.29, 1.82) is 0 Å². The number of benzene rings is 2. The third-order valence-corrected chi connectivity index (χ3v) is 6.14. The highest BCUT2D eigenvalue weighted by atomic mass is 16.5. The van der Waals surface area contributed by atoms with Crippen LogP contribution in [0.1, 0.15) is 36.5 Å².